The lowest BCUT2D eigenvalue weighted by Gasteiger charge is -2.30. The van der Waals surface area contributed by atoms with Gasteiger partial charge in [-0.1, -0.05) is 27.7 Å². The van der Waals surface area contributed by atoms with Crippen LogP contribution in [-0.4, -0.2) is 29.8 Å². The Morgan fingerprint density at radius 2 is 1.54 bits per heavy atom. The fourth-order valence-corrected chi connectivity index (χ4v) is 4.03. The van der Waals surface area contributed by atoms with Crippen LogP contribution in [0, 0.1) is 5.92 Å². The second-order valence-corrected chi connectivity index (χ2v) is 8.41. The van der Waals surface area contributed by atoms with Gasteiger partial charge in [0.1, 0.15) is 0 Å². The number of likely N-dealkylation sites (tertiary alicyclic amines) is 1. The highest BCUT2D eigenvalue weighted by molar-refractivity contribution is 9.10. The van der Waals surface area contributed by atoms with Gasteiger partial charge in [0.05, 0.1) is 0 Å². The normalized spacial score (nSPS) is 14.9. The topological polar surface area (TPSA) is 49.4 Å². The van der Waals surface area contributed by atoms with Crippen molar-refractivity contribution in [3.05, 3.63) is 53.0 Å². The molecule has 2 aromatic rings. The molecule has 1 aliphatic rings. The van der Waals surface area contributed by atoms with Gasteiger partial charge in [-0.2, -0.15) is 0 Å². The van der Waals surface area contributed by atoms with Crippen molar-refractivity contribution < 1.29 is 9.59 Å². The van der Waals surface area contributed by atoms with Gasteiger partial charge in [-0.3, -0.25) is 9.59 Å². The molecular weight excluding hydrogens is 412 g/mol. The van der Waals surface area contributed by atoms with Crippen molar-refractivity contribution in [1.82, 2.24) is 4.90 Å². The van der Waals surface area contributed by atoms with E-state index < -0.39 is 0 Å². The molecule has 136 valence electrons. The van der Waals surface area contributed by atoms with E-state index >= 15 is 0 Å². The Morgan fingerprint density at radius 3 is 2.08 bits per heavy atom. The van der Waals surface area contributed by atoms with Gasteiger partial charge < -0.3 is 10.2 Å². The number of anilines is 1. The minimum atomic E-state index is -0.0255. The predicted octanol–water partition coefficient (Wildman–Crippen LogP) is 4.80. The molecule has 0 radical (unpaired) electrons. The number of carbonyl (C=O) groups is 2. The molecule has 1 N–H and O–H groups in total. The first-order valence-electron chi connectivity index (χ1n) is 8.61. The van der Waals surface area contributed by atoms with E-state index in [1.807, 2.05) is 36.4 Å². The van der Waals surface area contributed by atoms with Crippen molar-refractivity contribution in [3.8, 4) is 0 Å². The first-order chi connectivity index (χ1) is 12.5. The maximum Gasteiger partial charge on any atom is 0.227 e. The molecule has 0 atom stereocenters. The van der Waals surface area contributed by atoms with Gasteiger partial charge in [-0.05, 0) is 61.4 Å². The average Bonchev–Trinajstić information content (AvgIpc) is 2.65. The van der Waals surface area contributed by atoms with Crippen molar-refractivity contribution >= 4 is 45.2 Å². The highest BCUT2D eigenvalue weighted by Gasteiger charge is 2.25. The van der Waals surface area contributed by atoms with Crippen LogP contribution in [0.5, 0.6) is 0 Å². The Labute approximate surface area is 166 Å². The van der Waals surface area contributed by atoms with E-state index in [2.05, 4.69) is 33.4 Å². The Balaban J connectivity index is 1.53. The summed E-state index contributed by atoms with van der Waals surface area (Å²) in [6.45, 7) is 2.90. The van der Waals surface area contributed by atoms with Gasteiger partial charge in [-0.15, -0.1) is 0 Å². The number of hydrogen-bond acceptors (Lipinski definition) is 3. The van der Waals surface area contributed by atoms with E-state index in [9.17, 15) is 9.59 Å². The smallest absolute Gasteiger partial charge is 0.227 e. The SMILES string of the molecule is CC(=O)N1CCC(C(=O)Nc2ccc(Sc3ccc(Br)cc3)cc2)CC1. The molecule has 3 rings (SSSR count). The molecule has 0 bridgehead atoms. The lowest BCUT2D eigenvalue weighted by molar-refractivity contribution is -0.132. The van der Waals surface area contributed by atoms with Gasteiger partial charge >= 0.3 is 0 Å². The summed E-state index contributed by atoms with van der Waals surface area (Å²) >= 11 is 5.12. The average molecular weight is 433 g/mol. The summed E-state index contributed by atoms with van der Waals surface area (Å²) in [4.78, 5) is 27.9. The molecule has 1 fully saturated rings. The summed E-state index contributed by atoms with van der Waals surface area (Å²) in [6.07, 6.45) is 1.45. The van der Waals surface area contributed by atoms with Gasteiger partial charge in [0.2, 0.25) is 11.8 Å². The molecule has 0 aromatic heterocycles. The van der Waals surface area contributed by atoms with Crippen LogP contribution in [0.1, 0.15) is 19.8 Å². The molecule has 1 aliphatic heterocycles. The van der Waals surface area contributed by atoms with E-state index in [1.165, 1.54) is 4.90 Å². The second kappa shape index (κ2) is 8.73. The summed E-state index contributed by atoms with van der Waals surface area (Å²) in [5.41, 5.74) is 0.809. The van der Waals surface area contributed by atoms with Crippen molar-refractivity contribution in [2.75, 3.05) is 18.4 Å². The largest absolute Gasteiger partial charge is 0.343 e. The molecule has 26 heavy (non-hydrogen) atoms. The standard InChI is InChI=1S/C20H21BrN2O2S/c1-14(24)23-12-10-15(11-13-23)20(25)22-17-4-8-19(9-5-17)26-18-6-2-16(21)3-7-18/h2-9,15H,10-13H2,1H3,(H,22,25). The van der Waals surface area contributed by atoms with Crippen LogP contribution in [0.3, 0.4) is 0 Å². The van der Waals surface area contributed by atoms with Gasteiger partial charge in [0, 0.05) is 45.9 Å². The molecular formula is C20H21BrN2O2S. The molecule has 0 aliphatic carbocycles. The first kappa shape index (κ1) is 19.0. The highest BCUT2D eigenvalue weighted by atomic mass is 79.9. The summed E-state index contributed by atoms with van der Waals surface area (Å²) in [6, 6.07) is 16.1. The zero-order valence-corrected chi connectivity index (χ0v) is 17.0. The fraction of sp³-hybridized carbons (Fsp3) is 0.300. The number of amides is 2. The van der Waals surface area contributed by atoms with Crippen LogP contribution in [0.25, 0.3) is 0 Å². The molecule has 4 nitrogen and oxygen atoms in total. The summed E-state index contributed by atoms with van der Waals surface area (Å²) in [5, 5.41) is 3.00. The van der Waals surface area contributed by atoms with Crippen molar-refractivity contribution in [3.63, 3.8) is 0 Å². The first-order valence-corrected chi connectivity index (χ1v) is 10.2. The zero-order chi connectivity index (χ0) is 18.5. The summed E-state index contributed by atoms with van der Waals surface area (Å²) < 4.78 is 1.06. The van der Waals surface area contributed by atoms with Gasteiger partial charge in [0.15, 0.2) is 0 Å². The number of halogens is 1. The quantitative estimate of drug-likeness (QED) is 0.754. The Bertz CT molecular complexity index is 769. The van der Waals surface area contributed by atoms with Crippen molar-refractivity contribution in [1.29, 1.82) is 0 Å². The highest BCUT2D eigenvalue weighted by Crippen LogP contribution is 2.29. The third-order valence-electron chi connectivity index (χ3n) is 4.48. The van der Waals surface area contributed by atoms with Gasteiger partial charge in [-0.25, -0.2) is 0 Å². The van der Waals surface area contributed by atoms with Crippen LogP contribution >= 0.6 is 27.7 Å². The third-order valence-corrected chi connectivity index (χ3v) is 6.03. The number of benzene rings is 2. The lowest BCUT2D eigenvalue weighted by Crippen LogP contribution is -2.40. The maximum atomic E-state index is 12.4. The Hall–Kier alpha value is -1.79. The van der Waals surface area contributed by atoms with Crippen molar-refractivity contribution in [2.45, 2.75) is 29.6 Å². The van der Waals surface area contributed by atoms with Crippen LogP contribution in [0.15, 0.2) is 62.8 Å². The zero-order valence-electron chi connectivity index (χ0n) is 14.6. The van der Waals surface area contributed by atoms with Crippen LogP contribution in [-0.2, 0) is 9.59 Å². The van der Waals surface area contributed by atoms with E-state index in [-0.39, 0.29) is 17.7 Å². The fourth-order valence-electron chi connectivity index (χ4n) is 2.95. The lowest BCUT2D eigenvalue weighted by atomic mass is 9.96. The van der Waals surface area contributed by atoms with Gasteiger partial charge in [0.25, 0.3) is 0 Å². The van der Waals surface area contributed by atoms with E-state index in [4.69, 9.17) is 0 Å². The predicted molar refractivity (Wildman–Crippen MR) is 108 cm³/mol. The monoisotopic (exact) mass is 432 g/mol. The minimum absolute atomic E-state index is 0.0255. The number of rotatable bonds is 4. The molecule has 0 unspecified atom stereocenters. The van der Waals surface area contributed by atoms with Crippen LogP contribution in [0.2, 0.25) is 0 Å². The van der Waals surface area contributed by atoms with Crippen molar-refractivity contribution in [2.24, 2.45) is 5.92 Å². The Kier molecular flexibility index (Phi) is 6.38. The maximum absolute atomic E-state index is 12.4. The number of nitrogens with one attached hydrogen (secondary N) is 1. The third kappa shape index (κ3) is 5.11. The molecule has 2 aromatic carbocycles. The molecule has 6 heteroatoms. The Morgan fingerprint density at radius 1 is 1.00 bits per heavy atom. The van der Waals surface area contributed by atoms with Crippen LogP contribution < -0.4 is 5.32 Å². The summed E-state index contributed by atoms with van der Waals surface area (Å²) in [7, 11) is 0. The number of piperidine rings is 1. The van der Waals surface area contributed by atoms with E-state index in [0.29, 0.717) is 13.1 Å². The molecule has 1 saturated heterocycles. The molecule has 0 spiro atoms. The number of nitrogens with zero attached hydrogens (tertiary/aromatic N) is 1. The second-order valence-electron chi connectivity index (χ2n) is 6.35. The van der Waals surface area contributed by atoms with E-state index in [0.717, 1.165) is 27.9 Å². The van der Waals surface area contributed by atoms with Crippen LogP contribution in [0.4, 0.5) is 5.69 Å². The number of carbonyl (C=O) groups excluding carboxylic acids is 2. The molecule has 2 amide bonds. The molecule has 0 saturated carbocycles. The van der Waals surface area contributed by atoms with E-state index in [1.54, 1.807) is 23.6 Å². The minimum Gasteiger partial charge on any atom is -0.343 e. The summed E-state index contributed by atoms with van der Waals surface area (Å²) in [5.74, 6) is 0.103. The number of hydrogen-bond donors (Lipinski definition) is 1. The molecule has 1 heterocycles.